The summed E-state index contributed by atoms with van der Waals surface area (Å²) >= 11 is 0. The molecule has 0 aliphatic rings. The Hall–Kier alpha value is -1.00. The Balaban J connectivity index is 2.35. The van der Waals surface area contributed by atoms with Crippen molar-refractivity contribution in [3.8, 4) is 0 Å². The molecule has 1 aromatic heterocycles. The van der Waals surface area contributed by atoms with Crippen LogP contribution < -0.4 is 0 Å². The Morgan fingerprint density at radius 3 is 3.00 bits per heavy atom. The number of aliphatic hydroxyl groups is 1. The van der Waals surface area contributed by atoms with Gasteiger partial charge in [0.15, 0.2) is 0 Å². The zero-order chi connectivity index (χ0) is 9.52. The Morgan fingerprint density at radius 2 is 2.38 bits per heavy atom. The van der Waals surface area contributed by atoms with Gasteiger partial charge in [-0.2, -0.15) is 0 Å². The summed E-state index contributed by atoms with van der Waals surface area (Å²) in [6.45, 7) is 0.664. The monoisotopic (exact) mass is 182 g/mol. The lowest BCUT2D eigenvalue weighted by Gasteiger charge is -2.07. The Bertz CT molecular complexity index is 228. The maximum atomic E-state index is 9.59. The van der Waals surface area contributed by atoms with Crippen molar-refractivity contribution >= 4 is 0 Å². The van der Waals surface area contributed by atoms with Crippen LogP contribution in [0.5, 0.6) is 0 Å². The van der Waals surface area contributed by atoms with Gasteiger partial charge in [0.1, 0.15) is 0 Å². The summed E-state index contributed by atoms with van der Waals surface area (Å²) < 4.78 is 4.88. The number of aliphatic hydroxyl groups excluding tert-OH is 1. The van der Waals surface area contributed by atoms with Gasteiger partial charge in [0, 0.05) is 26.1 Å². The fourth-order valence-electron chi connectivity index (χ4n) is 1.05. The van der Waals surface area contributed by atoms with E-state index in [9.17, 15) is 5.11 Å². The molecule has 0 spiro atoms. The van der Waals surface area contributed by atoms with Crippen LogP contribution in [0.2, 0.25) is 0 Å². The number of aromatic nitrogens is 2. The number of rotatable bonds is 5. The Kier molecular flexibility index (Phi) is 4.35. The van der Waals surface area contributed by atoms with E-state index in [1.54, 1.807) is 25.7 Å². The summed E-state index contributed by atoms with van der Waals surface area (Å²) in [5.74, 6) is 0. The molecule has 0 saturated heterocycles. The van der Waals surface area contributed by atoms with Crippen LogP contribution in [-0.2, 0) is 4.74 Å². The van der Waals surface area contributed by atoms with Crippen molar-refractivity contribution in [2.75, 3.05) is 13.7 Å². The van der Waals surface area contributed by atoms with Crippen LogP contribution in [0.1, 0.15) is 24.6 Å². The summed E-state index contributed by atoms with van der Waals surface area (Å²) in [6.07, 6.45) is 5.71. The van der Waals surface area contributed by atoms with Gasteiger partial charge in [-0.1, -0.05) is 0 Å². The Morgan fingerprint density at radius 1 is 1.54 bits per heavy atom. The first kappa shape index (κ1) is 10.1. The molecule has 4 heteroatoms. The van der Waals surface area contributed by atoms with Gasteiger partial charge in [-0.15, -0.1) is 0 Å². The molecular weight excluding hydrogens is 168 g/mol. The van der Waals surface area contributed by atoms with Crippen molar-refractivity contribution in [2.45, 2.75) is 18.9 Å². The van der Waals surface area contributed by atoms with Crippen LogP contribution in [0, 0.1) is 0 Å². The largest absolute Gasteiger partial charge is 0.387 e. The molecule has 0 bridgehead atoms. The first-order chi connectivity index (χ1) is 6.34. The molecule has 0 saturated carbocycles. The van der Waals surface area contributed by atoms with Crippen molar-refractivity contribution in [1.82, 2.24) is 9.97 Å². The van der Waals surface area contributed by atoms with Crippen LogP contribution in [0.4, 0.5) is 0 Å². The summed E-state index contributed by atoms with van der Waals surface area (Å²) in [5, 5.41) is 9.59. The lowest BCUT2D eigenvalue weighted by molar-refractivity contribution is 0.133. The summed E-state index contributed by atoms with van der Waals surface area (Å²) in [5.41, 5.74) is 0.624. The molecule has 1 N–H and O–H groups in total. The second-order valence-electron chi connectivity index (χ2n) is 2.78. The van der Waals surface area contributed by atoms with Crippen LogP contribution >= 0.6 is 0 Å². The van der Waals surface area contributed by atoms with E-state index >= 15 is 0 Å². The van der Waals surface area contributed by atoms with E-state index in [-0.39, 0.29) is 0 Å². The van der Waals surface area contributed by atoms with Crippen molar-refractivity contribution in [2.24, 2.45) is 0 Å². The quantitative estimate of drug-likeness (QED) is 0.688. The predicted molar refractivity (Wildman–Crippen MR) is 48.1 cm³/mol. The number of nitrogens with zero attached hydrogens (tertiary/aromatic N) is 2. The molecule has 72 valence electrons. The second kappa shape index (κ2) is 5.61. The standard InChI is InChI=1S/C9H14N2O2/c1-13-6-2-3-9(12)8-7-10-4-5-11-8/h4-5,7,9,12H,2-3,6H2,1H3. The summed E-state index contributed by atoms with van der Waals surface area (Å²) in [6, 6.07) is 0. The number of hydrogen-bond donors (Lipinski definition) is 1. The third-order valence-corrected chi connectivity index (χ3v) is 1.75. The number of hydrogen-bond acceptors (Lipinski definition) is 4. The molecule has 1 heterocycles. The molecular formula is C9H14N2O2. The van der Waals surface area contributed by atoms with Crippen LogP contribution in [0.25, 0.3) is 0 Å². The van der Waals surface area contributed by atoms with E-state index in [2.05, 4.69) is 9.97 Å². The van der Waals surface area contributed by atoms with E-state index in [1.165, 1.54) is 0 Å². The molecule has 0 radical (unpaired) electrons. The van der Waals surface area contributed by atoms with E-state index in [1.807, 2.05) is 0 Å². The highest BCUT2D eigenvalue weighted by Crippen LogP contribution is 2.13. The number of methoxy groups -OCH3 is 1. The minimum atomic E-state index is -0.524. The van der Waals surface area contributed by atoms with Crippen molar-refractivity contribution in [3.05, 3.63) is 24.3 Å². The smallest absolute Gasteiger partial charge is 0.0976 e. The number of ether oxygens (including phenoxy) is 1. The molecule has 1 atom stereocenters. The predicted octanol–water partition coefficient (Wildman–Crippen LogP) is 0.937. The van der Waals surface area contributed by atoms with Gasteiger partial charge in [0.2, 0.25) is 0 Å². The van der Waals surface area contributed by atoms with Crippen molar-refractivity contribution in [3.63, 3.8) is 0 Å². The van der Waals surface area contributed by atoms with E-state index in [4.69, 9.17) is 4.74 Å². The molecule has 0 aliphatic carbocycles. The molecule has 1 unspecified atom stereocenters. The summed E-state index contributed by atoms with van der Waals surface area (Å²) in [4.78, 5) is 7.88. The van der Waals surface area contributed by atoms with Gasteiger partial charge in [-0.3, -0.25) is 9.97 Å². The minimum Gasteiger partial charge on any atom is -0.387 e. The van der Waals surface area contributed by atoms with Crippen LogP contribution in [0.3, 0.4) is 0 Å². The molecule has 0 fully saturated rings. The van der Waals surface area contributed by atoms with Crippen LogP contribution in [0.15, 0.2) is 18.6 Å². The highest BCUT2D eigenvalue weighted by atomic mass is 16.5. The molecule has 1 aromatic rings. The third-order valence-electron chi connectivity index (χ3n) is 1.75. The first-order valence-corrected chi connectivity index (χ1v) is 4.27. The van der Waals surface area contributed by atoms with E-state index in [0.29, 0.717) is 18.7 Å². The fraction of sp³-hybridized carbons (Fsp3) is 0.556. The van der Waals surface area contributed by atoms with E-state index < -0.39 is 6.10 Å². The molecule has 0 aliphatic heterocycles. The van der Waals surface area contributed by atoms with Gasteiger partial charge in [0.05, 0.1) is 18.0 Å². The topological polar surface area (TPSA) is 55.2 Å². The SMILES string of the molecule is COCCCC(O)c1cnccn1. The fourth-order valence-corrected chi connectivity index (χ4v) is 1.05. The molecule has 4 nitrogen and oxygen atoms in total. The third kappa shape index (κ3) is 3.48. The van der Waals surface area contributed by atoms with Crippen molar-refractivity contribution in [1.29, 1.82) is 0 Å². The molecule has 13 heavy (non-hydrogen) atoms. The second-order valence-corrected chi connectivity index (χ2v) is 2.78. The normalized spacial score (nSPS) is 12.8. The lowest BCUT2D eigenvalue weighted by atomic mass is 10.1. The van der Waals surface area contributed by atoms with Gasteiger partial charge >= 0.3 is 0 Å². The van der Waals surface area contributed by atoms with Gasteiger partial charge in [0.25, 0.3) is 0 Å². The highest BCUT2D eigenvalue weighted by Gasteiger charge is 2.07. The molecule has 1 rings (SSSR count). The zero-order valence-electron chi connectivity index (χ0n) is 7.68. The van der Waals surface area contributed by atoms with Gasteiger partial charge in [-0.05, 0) is 12.8 Å². The summed E-state index contributed by atoms with van der Waals surface area (Å²) in [7, 11) is 1.65. The minimum absolute atomic E-state index is 0.524. The Labute approximate surface area is 77.6 Å². The first-order valence-electron chi connectivity index (χ1n) is 4.27. The maximum absolute atomic E-state index is 9.59. The van der Waals surface area contributed by atoms with Gasteiger partial charge < -0.3 is 9.84 Å². The lowest BCUT2D eigenvalue weighted by Crippen LogP contribution is -2.02. The van der Waals surface area contributed by atoms with Crippen molar-refractivity contribution < 1.29 is 9.84 Å². The zero-order valence-corrected chi connectivity index (χ0v) is 7.68. The highest BCUT2D eigenvalue weighted by molar-refractivity contribution is 4.98. The van der Waals surface area contributed by atoms with E-state index in [0.717, 1.165) is 6.42 Å². The average Bonchev–Trinajstić information content (AvgIpc) is 2.19. The van der Waals surface area contributed by atoms with Gasteiger partial charge in [-0.25, -0.2) is 0 Å². The maximum Gasteiger partial charge on any atom is 0.0976 e. The molecule has 0 amide bonds. The van der Waals surface area contributed by atoms with Crippen LogP contribution in [-0.4, -0.2) is 28.8 Å². The molecule has 0 aromatic carbocycles. The average molecular weight is 182 g/mol.